The number of fused-ring (bicyclic) bond motifs is 1. The second-order valence-corrected chi connectivity index (χ2v) is 8.46. The Morgan fingerprint density at radius 3 is 2.75 bits per heavy atom. The zero-order valence-corrected chi connectivity index (χ0v) is 17.2. The van der Waals surface area contributed by atoms with Crippen molar-refractivity contribution in [3.05, 3.63) is 53.2 Å². The minimum atomic E-state index is -0.372. The van der Waals surface area contributed by atoms with Gasteiger partial charge in [-0.05, 0) is 26.8 Å². The number of thiazole rings is 1. The first-order valence-corrected chi connectivity index (χ1v) is 10.4. The monoisotopic (exact) mass is 410 g/mol. The Morgan fingerprint density at radius 2 is 1.96 bits per heavy atom. The van der Waals surface area contributed by atoms with Gasteiger partial charge in [0, 0.05) is 22.3 Å². The summed E-state index contributed by atoms with van der Waals surface area (Å²) in [5, 5.41) is 9.97. The van der Waals surface area contributed by atoms with Crippen LogP contribution in [0.1, 0.15) is 18.3 Å². The maximum atomic E-state index is 12.6. The van der Waals surface area contributed by atoms with Gasteiger partial charge < -0.3 is 5.32 Å². The van der Waals surface area contributed by atoms with Crippen LogP contribution in [0.2, 0.25) is 0 Å². The lowest BCUT2D eigenvalue weighted by atomic mass is 10.2. The molecule has 0 spiro atoms. The van der Waals surface area contributed by atoms with Gasteiger partial charge in [-0.3, -0.25) is 4.79 Å². The van der Waals surface area contributed by atoms with Crippen molar-refractivity contribution in [3.63, 3.8) is 0 Å². The van der Waals surface area contributed by atoms with Crippen LogP contribution in [0.5, 0.6) is 0 Å². The van der Waals surface area contributed by atoms with E-state index in [1.54, 1.807) is 4.52 Å². The summed E-state index contributed by atoms with van der Waals surface area (Å²) in [6.45, 7) is 5.69. The summed E-state index contributed by atoms with van der Waals surface area (Å²) in [5.41, 5.74) is 3.71. The first-order valence-electron chi connectivity index (χ1n) is 8.69. The third kappa shape index (κ3) is 3.90. The third-order valence-electron chi connectivity index (χ3n) is 4.05. The van der Waals surface area contributed by atoms with Crippen molar-refractivity contribution in [2.75, 3.05) is 5.32 Å². The Labute approximate surface area is 170 Å². The van der Waals surface area contributed by atoms with E-state index < -0.39 is 0 Å². The smallest absolute Gasteiger partial charge is 0.253 e. The van der Waals surface area contributed by atoms with E-state index in [0.717, 1.165) is 22.6 Å². The summed E-state index contributed by atoms with van der Waals surface area (Å²) in [4.78, 5) is 25.8. The standard InChI is InChI=1S/C19H18N6OS2/c1-11-9-12(2)25-17(20-11)23-19(24-25)28-13(3)16(26)22-18-21-15(10-27-18)14-7-5-4-6-8-14/h4-10,13H,1-3H3,(H,21,22,26)/t13-/m1/s1. The number of anilines is 1. The summed E-state index contributed by atoms with van der Waals surface area (Å²) in [6.07, 6.45) is 0. The highest BCUT2D eigenvalue weighted by molar-refractivity contribution is 8.00. The minimum absolute atomic E-state index is 0.140. The van der Waals surface area contributed by atoms with Gasteiger partial charge in [0.15, 0.2) is 5.13 Å². The first kappa shape index (κ1) is 18.6. The van der Waals surface area contributed by atoms with Crippen LogP contribution in [0.3, 0.4) is 0 Å². The van der Waals surface area contributed by atoms with Gasteiger partial charge in [-0.2, -0.15) is 4.98 Å². The molecule has 0 aliphatic heterocycles. The van der Waals surface area contributed by atoms with Crippen LogP contribution in [0.4, 0.5) is 5.13 Å². The predicted octanol–water partition coefficient (Wildman–Crippen LogP) is 3.98. The van der Waals surface area contributed by atoms with Crippen LogP contribution < -0.4 is 5.32 Å². The molecule has 4 rings (SSSR count). The topological polar surface area (TPSA) is 85.1 Å². The van der Waals surface area contributed by atoms with Crippen LogP contribution >= 0.6 is 23.1 Å². The van der Waals surface area contributed by atoms with Crippen LogP contribution in [-0.4, -0.2) is 35.7 Å². The van der Waals surface area contributed by atoms with Crippen molar-refractivity contribution in [1.29, 1.82) is 0 Å². The quantitative estimate of drug-likeness (QED) is 0.501. The number of aryl methyl sites for hydroxylation is 2. The molecule has 0 saturated heterocycles. The lowest BCUT2D eigenvalue weighted by Gasteiger charge is -2.07. The lowest BCUT2D eigenvalue weighted by molar-refractivity contribution is -0.115. The van der Waals surface area contributed by atoms with Gasteiger partial charge in [0.1, 0.15) is 0 Å². The highest BCUT2D eigenvalue weighted by Gasteiger charge is 2.19. The van der Waals surface area contributed by atoms with E-state index >= 15 is 0 Å². The normalized spacial score (nSPS) is 12.2. The number of aromatic nitrogens is 5. The number of carbonyl (C=O) groups excluding carboxylic acids is 1. The molecular weight excluding hydrogens is 392 g/mol. The molecular formula is C19H18N6OS2. The Bertz CT molecular complexity index is 1140. The Kier molecular flexibility index (Phi) is 5.10. The van der Waals surface area contributed by atoms with Gasteiger partial charge in [-0.15, -0.1) is 16.4 Å². The van der Waals surface area contributed by atoms with Crippen LogP contribution in [0.15, 0.2) is 46.9 Å². The SMILES string of the molecule is Cc1cc(C)n2nc(S[C@H](C)C(=O)Nc3nc(-c4ccccc4)cs3)nc2n1. The van der Waals surface area contributed by atoms with E-state index in [4.69, 9.17) is 0 Å². The molecule has 0 saturated carbocycles. The van der Waals surface area contributed by atoms with E-state index in [9.17, 15) is 4.79 Å². The highest BCUT2D eigenvalue weighted by atomic mass is 32.2. The Hall–Kier alpha value is -2.78. The number of amides is 1. The first-order chi connectivity index (χ1) is 13.5. The molecule has 0 fully saturated rings. The third-order valence-corrected chi connectivity index (χ3v) is 5.76. The largest absolute Gasteiger partial charge is 0.301 e. The predicted molar refractivity (Wildman–Crippen MR) is 112 cm³/mol. The molecule has 9 heteroatoms. The Balaban J connectivity index is 1.44. The summed E-state index contributed by atoms with van der Waals surface area (Å²) < 4.78 is 1.69. The molecule has 0 bridgehead atoms. The minimum Gasteiger partial charge on any atom is -0.301 e. The number of hydrogen-bond donors (Lipinski definition) is 1. The zero-order chi connectivity index (χ0) is 19.7. The number of nitrogens with zero attached hydrogens (tertiary/aromatic N) is 5. The van der Waals surface area contributed by atoms with Crippen molar-refractivity contribution in [2.45, 2.75) is 31.2 Å². The van der Waals surface area contributed by atoms with E-state index in [-0.39, 0.29) is 11.2 Å². The number of hydrogen-bond acceptors (Lipinski definition) is 7. The Morgan fingerprint density at radius 1 is 1.18 bits per heavy atom. The fourth-order valence-corrected chi connectivity index (χ4v) is 4.16. The van der Waals surface area contributed by atoms with E-state index in [0.29, 0.717) is 16.1 Å². The summed E-state index contributed by atoms with van der Waals surface area (Å²) in [7, 11) is 0. The average molecular weight is 411 g/mol. The summed E-state index contributed by atoms with van der Waals surface area (Å²) >= 11 is 2.70. The van der Waals surface area contributed by atoms with Crippen molar-refractivity contribution < 1.29 is 4.79 Å². The molecule has 1 N–H and O–H groups in total. The van der Waals surface area contributed by atoms with Gasteiger partial charge >= 0.3 is 0 Å². The van der Waals surface area contributed by atoms with E-state index in [1.165, 1.54) is 23.1 Å². The molecule has 0 unspecified atom stereocenters. The molecule has 1 aromatic carbocycles. The molecule has 1 amide bonds. The lowest BCUT2D eigenvalue weighted by Crippen LogP contribution is -2.22. The van der Waals surface area contributed by atoms with Crippen molar-refractivity contribution >= 4 is 39.9 Å². The number of carbonyl (C=O) groups is 1. The van der Waals surface area contributed by atoms with Gasteiger partial charge in [-0.1, -0.05) is 42.1 Å². The van der Waals surface area contributed by atoms with E-state index in [2.05, 4.69) is 25.4 Å². The zero-order valence-electron chi connectivity index (χ0n) is 15.6. The van der Waals surface area contributed by atoms with Gasteiger partial charge in [0.2, 0.25) is 11.1 Å². The van der Waals surface area contributed by atoms with Crippen LogP contribution in [0.25, 0.3) is 17.0 Å². The van der Waals surface area contributed by atoms with E-state index in [1.807, 2.05) is 62.5 Å². The molecule has 142 valence electrons. The average Bonchev–Trinajstić information content (AvgIpc) is 3.29. The molecule has 4 aromatic rings. The van der Waals surface area contributed by atoms with Gasteiger partial charge in [-0.25, -0.2) is 14.5 Å². The second-order valence-electron chi connectivity index (χ2n) is 6.30. The number of thioether (sulfide) groups is 1. The second kappa shape index (κ2) is 7.69. The molecule has 0 radical (unpaired) electrons. The molecule has 0 aliphatic rings. The molecule has 1 atom stereocenters. The fraction of sp³-hybridized carbons (Fsp3) is 0.211. The van der Waals surface area contributed by atoms with Gasteiger partial charge in [0.05, 0.1) is 10.9 Å². The van der Waals surface area contributed by atoms with Crippen molar-refractivity contribution in [3.8, 4) is 11.3 Å². The molecule has 3 aromatic heterocycles. The maximum absolute atomic E-state index is 12.6. The molecule has 3 heterocycles. The van der Waals surface area contributed by atoms with Gasteiger partial charge in [0.25, 0.3) is 5.78 Å². The van der Waals surface area contributed by atoms with Crippen molar-refractivity contribution in [1.82, 2.24) is 24.6 Å². The van der Waals surface area contributed by atoms with Crippen LogP contribution in [-0.2, 0) is 4.79 Å². The summed E-state index contributed by atoms with van der Waals surface area (Å²) in [5.74, 6) is 0.402. The summed E-state index contributed by atoms with van der Waals surface area (Å²) in [6, 6.07) is 11.8. The van der Waals surface area contributed by atoms with Crippen molar-refractivity contribution in [2.24, 2.45) is 0 Å². The molecule has 7 nitrogen and oxygen atoms in total. The number of rotatable bonds is 5. The van der Waals surface area contributed by atoms with Crippen LogP contribution in [0, 0.1) is 13.8 Å². The fourth-order valence-electron chi connectivity index (χ4n) is 2.69. The highest BCUT2D eigenvalue weighted by Crippen LogP contribution is 2.26. The maximum Gasteiger partial charge on any atom is 0.253 e. The number of benzene rings is 1. The number of nitrogens with one attached hydrogen (secondary N) is 1. The molecule has 28 heavy (non-hydrogen) atoms. The molecule has 0 aliphatic carbocycles.